The molecule has 180 valence electrons. The van der Waals surface area contributed by atoms with Crippen molar-refractivity contribution in [3.63, 3.8) is 0 Å². The first-order valence-electron chi connectivity index (χ1n) is 10.7. The van der Waals surface area contributed by atoms with Crippen molar-refractivity contribution < 1.29 is 21.6 Å². The van der Waals surface area contributed by atoms with E-state index in [1.807, 2.05) is 6.26 Å². The van der Waals surface area contributed by atoms with Gasteiger partial charge in [0.1, 0.15) is 0 Å². The largest absolute Gasteiger partial charge is 0.339 e. The zero-order chi connectivity index (χ0) is 24.4. The summed E-state index contributed by atoms with van der Waals surface area (Å²) in [6, 6.07) is 10.1. The van der Waals surface area contributed by atoms with E-state index in [-0.39, 0.29) is 15.7 Å². The van der Waals surface area contributed by atoms with Gasteiger partial charge in [0.2, 0.25) is 10.0 Å². The number of thioether (sulfide) groups is 1. The van der Waals surface area contributed by atoms with Crippen LogP contribution in [0.3, 0.4) is 0 Å². The minimum atomic E-state index is -3.91. The SMILES string of the molecule is CSc1ccc(S(=O)(=O)N[C@@H](C)c2ccc(S(C)(=O)=O)cc2)cc1C(=O)N1CCC(C)CC1. The molecule has 1 N–H and O–H groups in total. The van der Waals surface area contributed by atoms with Crippen molar-refractivity contribution in [1.29, 1.82) is 0 Å². The normalized spacial score (nSPS) is 16.5. The molecule has 0 radical (unpaired) electrons. The molecule has 2 aromatic carbocycles. The van der Waals surface area contributed by atoms with E-state index >= 15 is 0 Å². The highest BCUT2D eigenvalue weighted by molar-refractivity contribution is 7.98. The van der Waals surface area contributed by atoms with Crippen LogP contribution in [0.2, 0.25) is 0 Å². The summed E-state index contributed by atoms with van der Waals surface area (Å²) in [7, 11) is -7.25. The van der Waals surface area contributed by atoms with Gasteiger partial charge in [-0.25, -0.2) is 21.6 Å². The van der Waals surface area contributed by atoms with Gasteiger partial charge < -0.3 is 4.90 Å². The van der Waals surface area contributed by atoms with E-state index in [1.54, 1.807) is 30.0 Å². The number of nitrogens with one attached hydrogen (secondary N) is 1. The highest BCUT2D eigenvalue weighted by Gasteiger charge is 2.26. The lowest BCUT2D eigenvalue weighted by molar-refractivity contribution is 0.0693. The van der Waals surface area contributed by atoms with Crippen molar-refractivity contribution in [2.24, 2.45) is 5.92 Å². The van der Waals surface area contributed by atoms with Gasteiger partial charge in [-0.05, 0) is 67.8 Å². The van der Waals surface area contributed by atoms with E-state index in [2.05, 4.69) is 11.6 Å². The van der Waals surface area contributed by atoms with E-state index in [9.17, 15) is 21.6 Å². The predicted octanol–water partition coefficient (Wildman–Crippen LogP) is 3.72. The summed E-state index contributed by atoms with van der Waals surface area (Å²) in [6.45, 7) is 5.20. The molecule has 1 aliphatic rings. The maximum atomic E-state index is 13.2. The van der Waals surface area contributed by atoms with Gasteiger partial charge in [0.15, 0.2) is 9.84 Å². The fourth-order valence-electron chi connectivity index (χ4n) is 3.78. The zero-order valence-electron chi connectivity index (χ0n) is 19.2. The molecule has 1 atom stereocenters. The van der Waals surface area contributed by atoms with Crippen LogP contribution in [0, 0.1) is 5.92 Å². The van der Waals surface area contributed by atoms with Crippen molar-refractivity contribution in [2.75, 3.05) is 25.6 Å². The van der Waals surface area contributed by atoms with Crippen molar-refractivity contribution in [1.82, 2.24) is 9.62 Å². The maximum Gasteiger partial charge on any atom is 0.255 e. The third kappa shape index (κ3) is 6.17. The number of carbonyl (C=O) groups excluding carboxylic acids is 1. The molecule has 1 aliphatic heterocycles. The number of nitrogens with zero attached hydrogens (tertiary/aromatic N) is 1. The fourth-order valence-corrected chi connectivity index (χ4v) is 6.23. The topological polar surface area (TPSA) is 101 Å². The molecule has 33 heavy (non-hydrogen) atoms. The van der Waals surface area contributed by atoms with E-state index < -0.39 is 25.9 Å². The second-order valence-electron chi connectivity index (χ2n) is 8.52. The zero-order valence-corrected chi connectivity index (χ0v) is 21.7. The van der Waals surface area contributed by atoms with Crippen LogP contribution >= 0.6 is 11.8 Å². The third-order valence-corrected chi connectivity index (χ3v) is 9.39. The average molecular weight is 511 g/mol. The minimum absolute atomic E-state index is 0.0219. The molecule has 1 fully saturated rings. The molecule has 2 aromatic rings. The van der Waals surface area contributed by atoms with Crippen LogP contribution in [0.1, 0.15) is 48.7 Å². The van der Waals surface area contributed by atoms with Gasteiger partial charge >= 0.3 is 0 Å². The first-order valence-corrected chi connectivity index (χ1v) is 15.3. The molecule has 0 aromatic heterocycles. The van der Waals surface area contributed by atoms with Crippen molar-refractivity contribution in [2.45, 2.75) is 47.4 Å². The van der Waals surface area contributed by atoms with Gasteiger partial charge in [0.25, 0.3) is 5.91 Å². The second-order valence-corrected chi connectivity index (χ2v) is 13.1. The molecule has 0 saturated carbocycles. The Morgan fingerprint density at radius 1 is 1.03 bits per heavy atom. The van der Waals surface area contributed by atoms with Gasteiger partial charge in [-0.3, -0.25) is 4.79 Å². The Balaban J connectivity index is 1.84. The number of sulfone groups is 1. The first kappa shape index (κ1) is 25.7. The highest BCUT2D eigenvalue weighted by atomic mass is 32.2. The summed E-state index contributed by atoms with van der Waals surface area (Å²) in [5.74, 6) is 0.436. The Labute approximate surface area is 200 Å². The Morgan fingerprint density at radius 2 is 1.61 bits per heavy atom. The molecule has 0 aliphatic carbocycles. The fraction of sp³-hybridized carbons (Fsp3) is 0.435. The smallest absolute Gasteiger partial charge is 0.255 e. The first-order chi connectivity index (χ1) is 15.4. The quantitative estimate of drug-likeness (QED) is 0.570. The number of rotatable bonds is 7. The average Bonchev–Trinajstić information content (AvgIpc) is 2.78. The number of piperidine rings is 1. The number of benzene rings is 2. The Morgan fingerprint density at radius 3 is 2.15 bits per heavy atom. The highest BCUT2D eigenvalue weighted by Crippen LogP contribution is 2.28. The molecular formula is C23H30N2O5S3. The molecular weight excluding hydrogens is 480 g/mol. The monoisotopic (exact) mass is 510 g/mol. The Hall–Kier alpha value is -1.88. The van der Waals surface area contributed by atoms with Crippen LogP contribution in [-0.2, 0) is 19.9 Å². The molecule has 1 amide bonds. The van der Waals surface area contributed by atoms with Crippen LogP contribution < -0.4 is 4.72 Å². The van der Waals surface area contributed by atoms with Crippen LogP contribution in [0.5, 0.6) is 0 Å². The van der Waals surface area contributed by atoms with Gasteiger partial charge in [-0.1, -0.05) is 19.1 Å². The van der Waals surface area contributed by atoms with E-state index in [1.165, 1.54) is 36.0 Å². The predicted molar refractivity (Wildman–Crippen MR) is 131 cm³/mol. The van der Waals surface area contributed by atoms with E-state index in [0.717, 1.165) is 24.0 Å². The number of hydrogen-bond donors (Lipinski definition) is 1. The summed E-state index contributed by atoms with van der Waals surface area (Å²) in [4.78, 5) is 15.9. The number of carbonyl (C=O) groups is 1. The number of amides is 1. The summed E-state index contributed by atoms with van der Waals surface area (Å²) in [5.41, 5.74) is 1.02. The molecule has 1 heterocycles. The van der Waals surface area contributed by atoms with Crippen LogP contribution in [0.15, 0.2) is 57.2 Å². The minimum Gasteiger partial charge on any atom is -0.339 e. The lowest BCUT2D eigenvalue weighted by Gasteiger charge is -2.31. The molecule has 0 unspecified atom stereocenters. The van der Waals surface area contributed by atoms with Crippen molar-refractivity contribution in [3.8, 4) is 0 Å². The molecule has 10 heteroatoms. The molecule has 0 spiro atoms. The third-order valence-electron chi connectivity index (χ3n) is 5.92. The van der Waals surface area contributed by atoms with Crippen LogP contribution in [0.4, 0.5) is 0 Å². The molecule has 0 bridgehead atoms. The lowest BCUT2D eigenvalue weighted by Crippen LogP contribution is -2.38. The van der Waals surface area contributed by atoms with Crippen LogP contribution in [-0.4, -0.2) is 53.2 Å². The summed E-state index contributed by atoms with van der Waals surface area (Å²) in [5, 5.41) is 0. The van der Waals surface area contributed by atoms with Gasteiger partial charge in [-0.15, -0.1) is 11.8 Å². The van der Waals surface area contributed by atoms with Gasteiger partial charge in [-0.2, -0.15) is 0 Å². The maximum absolute atomic E-state index is 13.2. The summed E-state index contributed by atoms with van der Waals surface area (Å²) < 4.78 is 52.1. The Kier molecular flexibility index (Phi) is 7.93. The van der Waals surface area contributed by atoms with Crippen molar-refractivity contribution >= 4 is 37.5 Å². The number of sulfonamides is 1. The second kappa shape index (κ2) is 10.2. The van der Waals surface area contributed by atoms with Crippen LogP contribution in [0.25, 0.3) is 0 Å². The number of hydrogen-bond acceptors (Lipinski definition) is 6. The van der Waals surface area contributed by atoms with Crippen molar-refractivity contribution in [3.05, 3.63) is 53.6 Å². The number of likely N-dealkylation sites (tertiary alicyclic amines) is 1. The summed E-state index contributed by atoms with van der Waals surface area (Å²) >= 11 is 1.41. The lowest BCUT2D eigenvalue weighted by atomic mass is 9.98. The molecule has 3 rings (SSSR count). The molecule has 1 saturated heterocycles. The van der Waals surface area contributed by atoms with E-state index in [4.69, 9.17) is 0 Å². The Bertz CT molecular complexity index is 1220. The standard InChI is InChI=1S/C23H30N2O5S3/c1-16-11-13-25(14-12-16)23(26)21-15-20(9-10-22(21)31-3)33(29,30)24-17(2)18-5-7-19(8-6-18)32(4,27)28/h5-10,15-17,24H,11-14H2,1-4H3/t17-/m0/s1. The van der Waals surface area contributed by atoms with Gasteiger partial charge in [0, 0.05) is 30.3 Å². The van der Waals surface area contributed by atoms with Gasteiger partial charge in [0.05, 0.1) is 15.4 Å². The molecule has 7 nitrogen and oxygen atoms in total. The van der Waals surface area contributed by atoms with E-state index in [0.29, 0.717) is 30.1 Å². The summed E-state index contributed by atoms with van der Waals surface area (Å²) in [6.07, 6.45) is 4.86.